The molecule has 2 aliphatic rings. The van der Waals surface area contributed by atoms with E-state index in [1.54, 1.807) is 30.4 Å². The average molecular weight is 515 g/mol. The van der Waals surface area contributed by atoms with Gasteiger partial charge in [0.05, 0.1) is 24.7 Å². The maximum atomic E-state index is 13.6. The highest BCUT2D eigenvalue weighted by molar-refractivity contribution is 6.19. The van der Waals surface area contributed by atoms with Gasteiger partial charge in [-0.15, -0.1) is 0 Å². The summed E-state index contributed by atoms with van der Waals surface area (Å²) in [5, 5.41) is 0. The van der Waals surface area contributed by atoms with Crippen molar-refractivity contribution in [3.05, 3.63) is 94.7 Å². The van der Waals surface area contributed by atoms with Gasteiger partial charge in [-0.2, -0.15) is 0 Å². The number of Topliss-reactive ketones (excluding diaryl/α,β-unsaturated/α-hetero) is 2. The molecule has 0 fully saturated rings. The fourth-order valence-corrected chi connectivity index (χ4v) is 4.86. The molecule has 0 amide bonds. The number of unbranched alkanes of at least 4 members (excludes halogenated alkanes) is 4. The van der Waals surface area contributed by atoms with E-state index in [2.05, 4.69) is 13.8 Å². The fourth-order valence-electron chi connectivity index (χ4n) is 4.86. The van der Waals surface area contributed by atoms with Gasteiger partial charge in [0.15, 0.2) is 11.6 Å². The molecule has 2 aliphatic carbocycles. The Morgan fingerprint density at radius 1 is 0.816 bits per heavy atom. The summed E-state index contributed by atoms with van der Waals surface area (Å²) in [4.78, 5) is 27.1. The Kier molecular flexibility index (Phi) is 8.85. The van der Waals surface area contributed by atoms with Crippen LogP contribution in [0, 0.1) is 0 Å². The maximum Gasteiger partial charge on any atom is 0.193 e. The molecule has 2 unspecified atom stereocenters. The largest absolute Gasteiger partial charge is 0.494 e. The number of carbonyl (C=O) groups is 2. The monoisotopic (exact) mass is 514 g/mol. The number of hydrogen-bond donors (Lipinski definition) is 2. The van der Waals surface area contributed by atoms with E-state index >= 15 is 0 Å². The van der Waals surface area contributed by atoms with Crippen LogP contribution in [-0.2, 0) is 15.1 Å². The van der Waals surface area contributed by atoms with Crippen molar-refractivity contribution < 1.29 is 19.1 Å². The Morgan fingerprint density at radius 2 is 1.37 bits per heavy atom. The van der Waals surface area contributed by atoms with Crippen molar-refractivity contribution in [1.29, 1.82) is 0 Å². The van der Waals surface area contributed by atoms with Crippen LogP contribution >= 0.6 is 0 Å². The van der Waals surface area contributed by atoms with Crippen molar-refractivity contribution in [2.45, 2.75) is 63.8 Å². The van der Waals surface area contributed by atoms with Gasteiger partial charge in [0.25, 0.3) is 0 Å². The average Bonchev–Trinajstić information content (AvgIpc) is 2.93. The Hall–Kier alpha value is -3.64. The number of ether oxygens (including phenoxy) is 2. The second kappa shape index (κ2) is 12.3. The molecular formula is C32H38N2O4. The molecule has 0 bridgehead atoms. The van der Waals surface area contributed by atoms with Crippen molar-refractivity contribution in [1.82, 2.24) is 0 Å². The first kappa shape index (κ1) is 27.4. The lowest BCUT2D eigenvalue weighted by Gasteiger charge is -2.33. The van der Waals surface area contributed by atoms with E-state index in [1.165, 1.54) is 0 Å². The minimum absolute atomic E-state index is 0.173. The predicted octanol–water partition coefficient (Wildman–Crippen LogP) is 5.62. The summed E-state index contributed by atoms with van der Waals surface area (Å²) in [5.74, 6) is 0.363. The van der Waals surface area contributed by atoms with Crippen LogP contribution in [0.15, 0.2) is 83.6 Å². The van der Waals surface area contributed by atoms with Gasteiger partial charge in [0, 0.05) is 11.3 Å². The van der Waals surface area contributed by atoms with Crippen LogP contribution in [0.25, 0.3) is 0 Å². The van der Waals surface area contributed by atoms with Gasteiger partial charge < -0.3 is 20.9 Å². The standard InChI is InChI=1S/C32H38N2O4/c1-3-5-7-19-37-24-13-9-22(10-14-24)27-21-28(33)29-26(30(27)35)17-18-32(34,31(29)36)23-11-15-25(16-12-23)38-20-8-6-4-2/h9-18,21,27H,3-8,19-20,33-34H2,1-2H3. The SMILES string of the molecule is CCCCCOc1ccc(C2C=C(N)C3=C(C=CC(N)(c4ccc(OCCCCC)cc4)C3=O)C2=O)cc1. The van der Waals surface area contributed by atoms with Crippen molar-refractivity contribution in [2.24, 2.45) is 11.5 Å². The molecule has 0 aromatic heterocycles. The zero-order valence-electron chi connectivity index (χ0n) is 22.4. The van der Waals surface area contributed by atoms with Crippen LogP contribution in [0.3, 0.4) is 0 Å². The highest BCUT2D eigenvalue weighted by Gasteiger charge is 2.43. The minimum atomic E-state index is -1.41. The number of rotatable bonds is 12. The summed E-state index contributed by atoms with van der Waals surface area (Å²) in [5.41, 5.74) is 13.8. The van der Waals surface area contributed by atoms with Gasteiger partial charge in [-0.05, 0) is 54.3 Å². The first-order valence-corrected chi connectivity index (χ1v) is 13.6. The third kappa shape index (κ3) is 5.76. The van der Waals surface area contributed by atoms with Gasteiger partial charge in [-0.25, -0.2) is 0 Å². The number of hydrogen-bond acceptors (Lipinski definition) is 6. The Labute approximate surface area is 225 Å². The van der Waals surface area contributed by atoms with E-state index in [1.807, 2.05) is 36.4 Å². The van der Waals surface area contributed by atoms with E-state index in [9.17, 15) is 9.59 Å². The second-order valence-corrected chi connectivity index (χ2v) is 9.99. The van der Waals surface area contributed by atoms with Crippen molar-refractivity contribution in [3.8, 4) is 11.5 Å². The molecule has 0 saturated heterocycles. The molecule has 6 nitrogen and oxygen atoms in total. The highest BCUT2D eigenvalue weighted by Crippen LogP contribution is 2.39. The fraction of sp³-hybridized carbons (Fsp3) is 0.375. The normalized spacial score (nSPS) is 20.8. The molecule has 2 aromatic rings. The number of carbonyl (C=O) groups excluding carboxylic acids is 2. The van der Waals surface area contributed by atoms with Gasteiger partial charge in [-0.3, -0.25) is 9.59 Å². The molecule has 0 heterocycles. The lowest BCUT2D eigenvalue weighted by atomic mass is 9.72. The number of ketones is 2. The quantitative estimate of drug-likeness (QED) is 0.356. The third-order valence-corrected chi connectivity index (χ3v) is 7.17. The molecule has 4 rings (SSSR count). The summed E-state index contributed by atoms with van der Waals surface area (Å²) in [6, 6.07) is 14.7. The number of nitrogens with two attached hydrogens (primary N) is 2. The Morgan fingerprint density at radius 3 is 1.92 bits per heavy atom. The van der Waals surface area contributed by atoms with Crippen LogP contribution in [0.5, 0.6) is 11.5 Å². The lowest BCUT2D eigenvalue weighted by Crippen LogP contribution is -2.47. The van der Waals surface area contributed by atoms with Crippen LogP contribution in [0.2, 0.25) is 0 Å². The van der Waals surface area contributed by atoms with Gasteiger partial charge in [-0.1, -0.05) is 75.9 Å². The molecule has 6 heteroatoms. The third-order valence-electron chi connectivity index (χ3n) is 7.17. The molecular weight excluding hydrogens is 476 g/mol. The van der Waals surface area contributed by atoms with Crippen LogP contribution in [0.4, 0.5) is 0 Å². The van der Waals surface area contributed by atoms with E-state index in [0.29, 0.717) is 24.4 Å². The van der Waals surface area contributed by atoms with Crippen molar-refractivity contribution >= 4 is 11.6 Å². The summed E-state index contributed by atoms with van der Waals surface area (Å²) >= 11 is 0. The second-order valence-electron chi connectivity index (χ2n) is 9.99. The summed E-state index contributed by atoms with van der Waals surface area (Å²) in [7, 11) is 0. The Bertz CT molecular complexity index is 1240. The zero-order valence-corrected chi connectivity index (χ0v) is 22.4. The van der Waals surface area contributed by atoms with Crippen molar-refractivity contribution in [2.75, 3.05) is 13.2 Å². The first-order chi connectivity index (χ1) is 18.4. The van der Waals surface area contributed by atoms with Gasteiger partial charge in [0.1, 0.15) is 17.0 Å². The van der Waals surface area contributed by atoms with E-state index in [0.717, 1.165) is 55.6 Å². The summed E-state index contributed by atoms with van der Waals surface area (Å²) < 4.78 is 11.6. The molecule has 2 atom stereocenters. The smallest absolute Gasteiger partial charge is 0.193 e. The highest BCUT2D eigenvalue weighted by atomic mass is 16.5. The van der Waals surface area contributed by atoms with E-state index in [4.69, 9.17) is 20.9 Å². The summed E-state index contributed by atoms with van der Waals surface area (Å²) in [6.07, 6.45) is 11.4. The number of benzene rings is 2. The van der Waals surface area contributed by atoms with Crippen LogP contribution in [0.1, 0.15) is 69.4 Å². The zero-order chi connectivity index (χ0) is 27.1. The topological polar surface area (TPSA) is 105 Å². The van der Waals surface area contributed by atoms with Crippen LogP contribution < -0.4 is 20.9 Å². The molecule has 0 aliphatic heterocycles. The van der Waals surface area contributed by atoms with Gasteiger partial charge >= 0.3 is 0 Å². The molecule has 0 radical (unpaired) electrons. The number of allylic oxidation sites excluding steroid dienone is 4. The molecule has 2 aromatic carbocycles. The van der Waals surface area contributed by atoms with Crippen molar-refractivity contribution in [3.63, 3.8) is 0 Å². The molecule has 0 spiro atoms. The Balaban J connectivity index is 1.48. The summed E-state index contributed by atoms with van der Waals surface area (Å²) in [6.45, 7) is 5.62. The first-order valence-electron chi connectivity index (χ1n) is 13.6. The maximum absolute atomic E-state index is 13.6. The molecule has 0 saturated carbocycles. The molecule has 38 heavy (non-hydrogen) atoms. The lowest BCUT2D eigenvalue weighted by molar-refractivity contribution is -0.121. The minimum Gasteiger partial charge on any atom is -0.494 e. The molecule has 4 N–H and O–H groups in total. The van der Waals surface area contributed by atoms with E-state index in [-0.39, 0.29) is 22.8 Å². The van der Waals surface area contributed by atoms with Crippen LogP contribution in [-0.4, -0.2) is 24.8 Å². The van der Waals surface area contributed by atoms with E-state index < -0.39 is 11.5 Å². The van der Waals surface area contributed by atoms with Gasteiger partial charge in [0.2, 0.25) is 0 Å². The molecule has 200 valence electrons. The predicted molar refractivity (Wildman–Crippen MR) is 150 cm³/mol.